The summed E-state index contributed by atoms with van der Waals surface area (Å²) >= 11 is 6.18. The number of halogens is 3. The van der Waals surface area contributed by atoms with Gasteiger partial charge in [0.05, 0.1) is 23.0 Å². The van der Waals surface area contributed by atoms with Crippen molar-refractivity contribution in [2.45, 2.75) is 25.9 Å². The fraction of sp³-hybridized carbons (Fsp3) is 0.357. The molecule has 0 spiro atoms. The van der Waals surface area contributed by atoms with Gasteiger partial charge in [0.1, 0.15) is 11.6 Å². The van der Waals surface area contributed by atoms with Gasteiger partial charge in [-0.05, 0) is 38.6 Å². The van der Waals surface area contributed by atoms with E-state index in [2.05, 4.69) is 10.4 Å². The van der Waals surface area contributed by atoms with Crippen molar-refractivity contribution in [2.75, 3.05) is 7.05 Å². The summed E-state index contributed by atoms with van der Waals surface area (Å²) in [5, 5.41) is 7.71. The molecule has 1 aromatic carbocycles. The van der Waals surface area contributed by atoms with Crippen LogP contribution in [-0.2, 0) is 0 Å². The summed E-state index contributed by atoms with van der Waals surface area (Å²) in [6, 6.07) is 3.08. The highest BCUT2D eigenvalue weighted by molar-refractivity contribution is 6.31. The highest BCUT2D eigenvalue weighted by atomic mass is 35.5. The minimum absolute atomic E-state index is 0.0896. The molecule has 2 rings (SSSR count). The Morgan fingerprint density at radius 2 is 1.80 bits per heavy atom. The highest BCUT2D eigenvalue weighted by Gasteiger charge is 2.23. The maximum Gasteiger partial charge on any atom is 0.126 e. The van der Waals surface area contributed by atoms with Gasteiger partial charge in [-0.15, -0.1) is 0 Å². The molecular formula is C14H16ClF2N3. The van der Waals surface area contributed by atoms with Crippen LogP contribution in [-0.4, -0.2) is 16.8 Å². The Kier molecular flexibility index (Phi) is 4.40. The van der Waals surface area contributed by atoms with Crippen LogP contribution in [0.25, 0.3) is 0 Å². The Hall–Kier alpha value is -1.46. The van der Waals surface area contributed by atoms with Crippen molar-refractivity contribution in [1.29, 1.82) is 0 Å². The second-order valence-electron chi connectivity index (χ2n) is 4.84. The molecule has 1 aromatic heterocycles. The van der Waals surface area contributed by atoms with E-state index < -0.39 is 17.7 Å². The van der Waals surface area contributed by atoms with Crippen molar-refractivity contribution in [1.82, 2.24) is 15.1 Å². The van der Waals surface area contributed by atoms with Gasteiger partial charge in [0, 0.05) is 12.1 Å². The SMILES string of the molecule is CNC(c1cc(F)cc(F)c1)c1c(Cl)cnn1C(C)C. The first-order chi connectivity index (χ1) is 9.43. The van der Waals surface area contributed by atoms with Crippen LogP contribution < -0.4 is 5.32 Å². The first-order valence-electron chi connectivity index (χ1n) is 6.30. The number of nitrogens with one attached hydrogen (secondary N) is 1. The molecule has 0 aliphatic rings. The monoisotopic (exact) mass is 299 g/mol. The molecule has 3 nitrogen and oxygen atoms in total. The third-order valence-electron chi connectivity index (χ3n) is 3.06. The van der Waals surface area contributed by atoms with E-state index >= 15 is 0 Å². The molecule has 0 saturated carbocycles. The average molecular weight is 300 g/mol. The van der Waals surface area contributed by atoms with Crippen LogP contribution in [0.3, 0.4) is 0 Å². The van der Waals surface area contributed by atoms with Crippen LogP contribution in [0, 0.1) is 11.6 Å². The predicted octanol–water partition coefficient (Wildman–Crippen LogP) is 3.70. The van der Waals surface area contributed by atoms with Gasteiger partial charge in [-0.3, -0.25) is 4.68 Å². The van der Waals surface area contributed by atoms with E-state index in [1.165, 1.54) is 18.3 Å². The number of nitrogens with zero attached hydrogens (tertiary/aromatic N) is 2. The minimum atomic E-state index is -0.619. The predicted molar refractivity (Wildman–Crippen MR) is 74.9 cm³/mol. The fourth-order valence-corrected chi connectivity index (χ4v) is 2.47. The molecule has 1 N–H and O–H groups in total. The molecular weight excluding hydrogens is 284 g/mol. The average Bonchev–Trinajstić information content (AvgIpc) is 2.72. The zero-order chi connectivity index (χ0) is 14.9. The van der Waals surface area contributed by atoms with Crippen LogP contribution in [0.4, 0.5) is 8.78 Å². The number of benzene rings is 1. The summed E-state index contributed by atoms with van der Waals surface area (Å²) in [7, 11) is 1.71. The molecule has 0 amide bonds. The lowest BCUT2D eigenvalue weighted by molar-refractivity contribution is 0.482. The zero-order valence-corrected chi connectivity index (χ0v) is 12.2. The van der Waals surface area contributed by atoms with E-state index in [0.717, 1.165) is 6.07 Å². The second-order valence-corrected chi connectivity index (χ2v) is 5.25. The molecule has 0 bridgehead atoms. The van der Waals surface area contributed by atoms with Crippen LogP contribution in [0.1, 0.15) is 37.2 Å². The van der Waals surface area contributed by atoms with Crippen molar-refractivity contribution in [3.63, 3.8) is 0 Å². The number of hydrogen-bond acceptors (Lipinski definition) is 2. The summed E-state index contributed by atoms with van der Waals surface area (Å²) < 4.78 is 28.5. The van der Waals surface area contributed by atoms with Gasteiger partial charge in [0.25, 0.3) is 0 Å². The number of aromatic nitrogens is 2. The molecule has 1 heterocycles. The van der Waals surface area contributed by atoms with Crippen molar-refractivity contribution in [3.05, 3.63) is 52.3 Å². The zero-order valence-electron chi connectivity index (χ0n) is 11.5. The van der Waals surface area contributed by atoms with Crippen molar-refractivity contribution in [2.24, 2.45) is 0 Å². The lowest BCUT2D eigenvalue weighted by Gasteiger charge is -2.21. The molecule has 0 aliphatic heterocycles. The largest absolute Gasteiger partial charge is 0.308 e. The van der Waals surface area contributed by atoms with E-state index in [9.17, 15) is 8.78 Å². The smallest absolute Gasteiger partial charge is 0.126 e. The molecule has 2 aromatic rings. The molecule has 0 aliphatic carbocycles. The lowest BCUT2D eigenvalue weighted by atomic mass is 10.0. The molecule has 1 atom stereocenters. The van der Waals surface area contributed by atoms with Gasteiger partial charge in [-0.2, -0.15) is 5.10 Å². The van der Waals surface area contributed by atoms with Crippen LogP contribution in [0.15, 0.2) is 24.4 Å². The lowest BCUT2D eigenvalue weighted by Crippen LogP contribution is -2.23. The Balaban J connectivity index is 2.55. The Labute approximate surface area is 121 Å². The van der Waals surface area contributed by atoms with Gasteiger partial charge < -0.3 is 5.32 Å². The van der Waals surface area contributed by atoms with Crippen molar-refractivity contribution in [3.8, 4) is 0 Å². The summed E-state index contributed by atoms with van der Waals surface area (Å²) in [6.45, 7) is 3.93. The van der Waals surface area contributed by atoms with Crippen LogP contribution in [0.5, 0.6) is 0 Å². The van der Waals surface area contributed by atoms with E-state index in [4.69, 9.17) is 11.6 Å². The summed E-state index contributed by atoms with van der Waals surface area (Å²) in [5.74, 6) is -1.24. The van der Waals surface area contributed by atoms with Gasteiger partial charge in [0.2, 0.25) is 0 Å². The van der Waals surface area contributed by atoms with E-state index in [1.807, 2.05) is 13.8 Å². The molecule has 6 heteroatoms. The number of rotatable bonds is 4. The van der Waals surface area contributed by atoms with Gasteiger partial charge in [0.15, 0.2) is 0 Å². The fourth-order valence-electron chi connectivity index (χ4n) is 2.24. The third-order valence-corrected chi connectivity index (χ3v) is 3.35. The Morgan fingerprint density at radius 1 is 1.20 bits per heavy atom. The molecule has 20 heavy (non-hydrogen) atoms. The van der Waals surface area contributed by atoms with E-state index in [0.29, 0.717) is 16.3 Å². The summed E-state index contributed by atoms with van der Waals surface area (Å²) in [4.78, 5) is 0. The van der Waals surface area contributed by atoms with E-state index in [-0.39, 0.29) is 6.04 Å². The number of hydrogen-bond donors (Lipinski definition) is 1. The molecule has 1 unspecified atom stereocenters. The topological polar surface area (TPSA) is 29.9 Å². The quantitative estimate of drug-likeness (QED) is 0.933. The summed E-state index contributed by atoms with van der Waals surface area (Å²) in [5.41, 5.74) is 1.16. The van der Waals surface area contributed by atoms with Gasteiger partial charge in [-0.1, -0.05) is 11.6 Å². The van der Waals surface area contributed by atoms with Gasteiger partial charge >= 0.3 is 0 Å². The Bertz CT molecular complexity index is 590. The van der Waals surface area contributed by atoms with Crippen molar-refractivity contribution >= 4 is 11.6 Å². The first-order valence-corrected chi connectivity index (χ1v) is 6.68. The Morgan fingerprint density at radius 3 is 2.30 bits per heavy atom. The third kappa shape index (κ3) is 2.83. The maximum atomic E-state index is 13.4. The normalized spacial score (nSPS) is 12.9. The van der Waals surface area contributed by atoms with Crippen molar-refractivity contribution < 1.29 is 8.78 Å². The molecule has 0 radical (unpaired) electrons. The standard InChI is InChI=1S/C14H16ClF2N3/c1-8(2)20-14(12(15)7-19-20)13(18-3)9-4-10(16)6-11(17)5-9/h4-8,13,18H,1-3H3. The highest BCUT2D eigenvalue weighted by Crippen LogP contribution is 2.30. The molecule has 0 saturated heterocycles. The maximum absolute atomic E-state index is 13.4. The van der Waals surface area contributed by atoms with Gasteiger partial charge in [-0.25, -0.2) is 8.78 Å². The first kappa shape index (κ1) is 14.9. The summed E-state index contributed by atoms with van der Waals surface area (Å²) in [6.07, 6.45) is 1.54. The molecule has 0 fully saturated rings. The minimum Gasteiger partial charge on any atom is -0.308 e. The second kappa shape index (κ2) is 5.89. The molecule has 108 valence electrons. The van der Waals surface area contributed by atoms with E-state index in [1.54, 1.807) is 11.7 Å². The van der Waals surface area contributed by atoms with Crippen LogP contribution in [0.2, 0.25) is 5.02 Å². The van der Waals surface area contributed by atoms with Crippen LogP contribution >= 0.6 is 11.6 Å².